The van der Waals surface area contributed by atoms with Crippen molar-refractivity contribution in [3.05, 3.63) is 46.0 Å². The van der Waals surface area contributed by atoms with Gasteiger partial charge in [0.25, 0.3) is 0 Å². The fourth-order valence-corrected chi connectivity index (χ4v) is 2.77. The number of thiophene rings is 1. The Labute approximate surface area is 111 Å². The van der Waals surface area contributed by atoms with Crippen molar-refractivity contribution in [3.8, 4) is 6.07 Å². The van der Waals surface area contributed by atoms with E-state index in [2.05, 4.69) is 30.0 Å². The summed E-state index contributed by atoms with van der Waals surface area (Å²) in [5, 5.41) is 8.71. The predicted octanol–water partition coefficient (Wildman–Crippen LogP) is 3.57. The molecule has 0 fully saturated rings. The Morgan fingerprint density at radius 1 is 1.33 bits per heavy atom. The number of hydrogen-bond acceptors (Lipinski definition) is 4. The molecule has 18 heavy (non-hydrogen) atoms. The van der Waals surface area contributed by atoms with Crippen molar-refractivity contribution in [3.63, 3.8) is 0 Å². The molecule has 0 spiro atoms. The largest absolute Gasteiger partial charge is 0.468 e. The van der Waals surface area contributed by atoms with Gasteiger partial charge in [0.1, 0.15) is 5.76 Å². The van der Waals surface area contributed by atoms with E-state index in [0.29, 0.717) is 6.42 Å². The van der Waals surface area contributed by atoms with Crippen LogP contribution >= 0.6 is 11.3 Å². The Morgan fingerprint density at radius 2 is 2.22 bits per heavy atom. The highest BCUT2D eigenvalue weighted by atomic mass is 32.1. The van der Waals surface area contributed by atoms with Crippen LogP contribution in [0.5, 0.6) is 0 Å². The summed E-state index contributed by atoms with van der Waals surface area (Å²) in [6.45, 7) is 4.51. The molecule has 0 aliphatic heterocycles. The zero-order chi connectivity index (χ0) is 12.8. The molecule has 2 heterocycles. The van der Waals surface area contributed by atoms with Crippen molar-refractivity contribution in [2.45, 2.75) is 26.4 Å². The van der Waals surface area contributed by atoms with E-state index in [4.69, 9.17) is 9.68 Å². The third-order valence-corrected chi connectivity index (χ3v) is 3.66. The Bertz CT molecular complexity index is 510. The van der Waals surface area contributed by atoms with Crippen molar-refractivity contribution in [2.75, 3.05) is 6.54 Å². The summed E-state index contributed by atoms with van der Waals surface area (Å²) in [4.78, 5) is 4.90. The van der Waals surface area contributed by atoms with Gasteiger partial charge in [0.05, 0.1) is 18.9 Å². The molecule has 3 nitrogen and oxygen atoms in total. The minimum absolute atomic E-state index is 0.547. The third kappa shape index (κ3) is 3.73. The predicted molar refractivity (Wildman–Crippen MR) is 72.1 cm³/mol. The van der Waals surface area contributed by atoms with Gasteiger partial charge in [-0.3, -0.25) is 4.90 Å². The molecule has 0 saturated carbocycles. The molecule has 0 bridgehead atoms. The lowest BCUT2D eigenvalue weighted by Crippen LogP contribution is -2.23. The zero-order valence-corrected chi connectivity index (χ0v) is 11.2. The van der Waals surface area contributed by atoms with Crippen molar-refractivity contribution in [1.29, 1.82) is 5.26 Å². The average Bonchev–Trinajstić information content (AvgIpc) is 2.98. The number of aryl methyl sites for hydroxylation is 1. The molecule has 2 rings (SSSR count). The molecule has 0 aromatic carbocycles. The molecule has 0 aliphatic carbocycles. The molecule has 0 unspecified atom stereocenters. The van der Waals surface area contributed by atoms with Gasteiger partial charge in [0.15, 0.2) is 0 Å². The van der Waals surface area contributed by atoms with Crippen LogP contribution in [0.4, 0.5) is 0 Å². The first-order chi connectivity index (χ1) is 8.78. The first kappa shape index (κ1) is 12.9. The average molecular weight is 260 g/mol. The molecular weight excluding hydrogens is 244 g/mol. The number of nitriles is 1. The summed E-state index contributed by atoms with van der Waals surface area (Å²) in [5.41, 5.74) is 0. The number of hydrogen-bond donors (Lipinski definition) is 0. The fourth-order valence-electron chi connectivity index (χ4n) is 1.84. The standard InChI is InChI=1S/C14H16N2OS/c1-12-5-6-14(18-12)11-16(8-3-7-15)10-13-4-2-9-17-13/h2,4-6,9H,3,8,10-11H2,1H3. The number of nitrogens with zero attached hydrogens (tertiary/aromatic N) is 2. The van der Waals surface area contributed by atoms with Gasteiger partial charge in [0.2, 0.25) is 0 Å². The van der Waals surface area contributed by atoms with E-state index in [1.165, 1.54) is 9.75 Å². The normalized spacial score (nSPS) is 10.7. The second kappa shape index (κ2) is 6.39. The molecule has 0 radical (unpaired) electrons. The minimum Gasteiger partial charge on any atom is -0.468 e. The van der Waals surface area contributed by atoms with Crippen molar-refractivity contribution >= 4 is 11.3 Å². The van der Waals surface area contributed by atoms with Crippen LogP contribution < -0.4 is 0 Å². The smallest absolute Gasteiger partial charge is 0.117 e. The van der Waals surface area contributed by atoms with Gasteiger partial charge in [-0.1, -0.05) is 0 Å². The molecule has 4 heteroatoms. The lowest BCUT2D eigenvalue weighted by atomic mass is 10.3. The zero-order valence-electron chi connectivity index (χ0n) is 10.4. The van der Waals surface area contributed by atoms with E-state index in [-0.39, 0.29) is 0 Å². The number of furan rings is 1. The van der Waals surface area contributed by atoms with Crippen LogP contribution in [0.2, 0.25) is 0 Å². The quantitative estimate of drug-likeness (QED) is 0.797. The van der Waals surface area contributed by atoms with Gasteiger partial charge in [0, 0.05) is 29.3 Å². The van der Waals surface area contributed by atoms with Crippen LogP contribution in [0, 0.1) is 18.3 Å². The van der Waals surface area contributed by atoms with Crippen molar-refractivity contribution < 1.29 is 4.42 Å². The number of rotatable bonds is 6. The first-order valence-corrected chi connectivity index (χ1v) is 6.76. The molecular formula is C14H16N2OS. The molecule has 0 atom stereocenters. The highest BCUT2D eigenvalue weighted by Gasteiger charge is 2.09. The van der Waals surface area contributed by atoms with Gasteiger partial charge >= 0.3 is 0 Å². The van der Waals surface area contributed by atoms with Crippen molar-refractivity contribution in [1.82, 2.24) is 4.90 Å². The van der Waals surface area contributed by atoms with Crippen LogP contribution in [-0.4, -0.2) is 11.4 Å². The topological polar surface area (TPSA) is 40.2 Å². The summed E-state index contributed by atoms with van der Waals surface area (Å²) in [6, 6.07) is 10.4. The van der Waals surface area contributed by atoms with Crippen LogP contribution in [0.3, 0.4) is 0 Å². The summed E-state index contributed by atoms with van der Waals surface area (Å²) in [5.74, 6) is 0.946. The Balaban J connectivity index is 1.98. The second-order valence-electron chi connectivity index (χ2n) is 4.21. The van der Waals surface area contributed by atoms with E-state index in [1.807, 2.05) is 12.1 Å². The van der Waals surface area contributed by atoms with Crippen LogP contribution in [0.1, 0.15) is 21.9 Å². The van der Waals surface area contributed by atoms with E-state index in [9.17, 15) is 0 Å². The lowest BCUT2D eigenvalue weighted by molar-refractivity contribution is 0.242. The van der Waals surface area contributed by atoms with Crippen molar-refractivity contribution in [2.24, 2.45) is 0 Å². The Hall–Kier alpha value is -1.57. The molecule has 0 aliphatic rings. The van der Waals surface area contributed by atoms with E-state index in [0.717, 1.165) is 25.4 Å². The summed E-state index contributed by atoms with van der Waals surface area (Å²) in [7, 11) is 0. The molecule has 2 aromatic rings. The highest BCUT2D eigenvalue weighted by molar-refractivity contribution is 7.11. The highest BCUT2D eigenvalue weighted by Crippen LogP contribution is 2.18. The molecule has 0 N–H and O–H groups in total. The van der Waals surface area contributed by atoms with Crippen LogP contribution in [0.25, 0.3) is 0 Å². The fraction of sp³-hybridized carbons (Fsp3) is 0.357. The minimum atomic E-state index is 0.547. The second-order valence-corrected chi connectivity index (χ2v) is 5.58. The van der Waals surface area contributed by atoms with E-state index >= 15 is 0 Å². The summed E-state index contributed by atoms with van der Waals surface area (Å²) < 4.78 is 5.37. The first-order valence-electron chi connectivity index (χ1n) is 5.95. The maximum Gasteiger partial charge on any atom is 0.117 e. The van der Waals surface area contributed by atoms with Gasteiger partial charge < -0.3 is 4.42 Å². The summed E-state index contributed by atoms with van der Waals surface area (Å²) in [6.07, 6.45) is 2.23. The van der Waals surface area contributed by atoms with Crippen LogP contribution in [0.15, 0.2) is 34.9 Å². The van der Waals surface area contributed by atoms with Gasteiger partial charge in [-0.15, -0.1) is 11.3 Å². The van der Waals surface area contributed by atoms with Gasteiger partial charge in [-0.05, 0) is 31.2 Å². The molecule has 2 aromatic heterocycles. The lowest BCUT2D eigenvalue weighted by Gasteiger charge is -2.18. The Morgan fingerprint density at radius 3 is 2.83 bits per heavy atom. The molecule has 0 amide bonds. The maximum atomic E-state index is 8.71. The third-order valence-electron chi connectivity index (χ3n) is 2.67. The van der Waals surface area contributed by atoms with E-state index in [1.54, 1.807) is 17.6 Å². The molecule has 94 valence electrons. The van der Waals surface area contributed by atoms with Gasteiger partial charge in [-0.2, -0.15) is 5.26 Å². The SMILES string of the molecule is Cc1ccc(CN(CCC#N)Cc2ccco2)s1. The molecule has 0 saturated heterocycles. The Kier molecular flexibility index (Phi) is 4.57. The van der Waals surface area contributed by atoms with E-state index < -0.39 is 0 Å². The maximum absolute atomic E-state index is 8.71. The monoisotopic (exact) mass is 260 g/mol. The van der Waals surface area contributed by atoms with Crippen LogP contribution in [-0.2, 0) is 13.1 Å². The van der Waals surface area contributed by atoms with Gasteiger partial charge in [-0.25, -0.2) is 0 Å². The summed E-state index contributed by atoms with van der Waals surface area (Å²) >= 11 is 1.81.